The minimum atomic E-state index is -0.132. The first-order valence-corrected chi connectivity index (χ1v) is 11.9. The summed E-state index contributed by atoms with van der Waals surface area (Å²) < 4.78 is 0.986. The quantitative estimate of drug-likeness (QED) is 0.354. The third kappa shape index (κ3) is 4.81. The van der Waals surface area contributed by atoms with E-state index in [4.69, 9.17) is 4.99 Å². The van der Waals surface area contributed by atoms with E-state index in [9.17, 15) is 4.79 Å². The monoisotopic (exact) mass is 505 g/mol. The molecule has 4 nitrogen and oxygen atoms in total. The van der Waals surface area contributed by atoms with E-state index in [0.717, 1.165) is 27.0 Å². The molecule has 6 heteroatoms. The van der Waals surface area contributed by atoms with Gasteiger partial charge in [-0.15, -0.1) is 0 Å². The molecule has 1 heterocycles. The minimum Gasteiger partial charge on any atom is -0.377 e. The van der Waals surface area contributed by atoms with E-state index in [0.29, 0.717) is 10.1 Å². The Kier molecular flexibility index (Phi) is 6.82. The molecule has 1 amide bonds. The topological polar surface area (TPSA) is 35.9 Å². The highest BCUT2D eigenvalue weighted by atomic mass is 79.9. The van der Waals surface area contributed by atoms with Crippen LogP contribution in [0.5, 0.6) is 0 Å². The fraction of sp³-hybridized carbons (Fsp3) is 0.154. The van der Waals surface area contributed by atoms with E-state index in [1.165, 1.54) is 11.8 Å². The summed E-state index contributed by atoms with van der Waals surface area (Å²) in [5.74, 6) is -0.0335. The highest BCUT2D eigenvalue weighted by Gasteiger charge is 2.37. The zero-order chi connectivity index (χ0) is 22.7. The zero-order valence-electron chi connectivity index (χ0n) is 18.2. The number of amides is 1. The van der Waals surface area contributed by atoms with Crippen molar-refractivity contribution in [1.29, 1.82) is 0 Å². The first-order chi connectivity index (χ1) is 15.4. The molecular weight excluding hydrogens is 482 g/mol. The van der Waals surface area contributed by atoms with E-state index in [1.807, 2.05) is 111 Å². The number of para-hydroxylation sites is 1. The molecule has 1 saturated heterocycles. The Morgan fingerprint density at radius 2 is 1.66 bits per heavy atom. The van der Waals surface area contributed by atoms with Gasteiger partial charge >= 0.3 is 0 Å². The van der Waals surface area contributed by atoms with Crippen LogP contribution in [0.1, 0.15) is 24.1 Å². The van der Waals surface area contributed by atoms with Crippen LogP contribution in [-0.2, 0) is 4.79 Å². The van der Waals surface area contributed by atoms with Gasteiger partial charge in [-0.05, 0) is 76.1 Å². The molecule has 0 unspecified atom stereocenters. The van der Waals surface area contributed by atoms with Gasteiger partial charge in [0.2, 0.25) is 0 Å². The molecule has 0 saturated carbocycles. The normalized spacial score (nSPS) is 17.2. The Morgan fingerprint density at radius 1 is 1.00 bits per heavy atom. The van der Waals surface area contributed by atoms with Crippen LogP contribution >= 0.6 is 27.7 Å². The predicted molar refractivity (Wildman–Crippen MR) is 139 cm³/mol. The minimum absolute atomic E-state index is 0.0335. The SMILES string of the molecule is C[C@H](c1ccccc1)N1C(=O)/C(=C\c2ccc(N(C)C)c(Br)c2)SC1=Nc1ccccc1. The molecule has 0 bridgehead atoms. The number of anilines is 1. The van der Waals surface area contributed by atoms with Gasteiger partial charge < -0.3 is 4.90 Å². The van der Waals surface area contributed by atoms with Gasteiger partial charge in [-0.3, -0.25) is 9.69 Å². The number of hydrogen-bond donors (Lipinski definition) is 0. The Hall–Kier alpha value is -2.83. The first-order valence-electron chi connectivity index (χ1n) is 10.3. The molecule has 3 aromatic carbocycles. The number of nitrogens with zero attached hydrogens (tertiary/aromatic N) is 3. The lowest BCUT2D eigenvalue weighted by atomic mass is 10.1. The molecule has 1 aliphatic rings. The van der Waals surface area contributed by atoms with Gasteiger partial charge in [0.15, 0.2) is 5.17 Å². The van der Waals surface area contributed by atoms with Gasteiger partial charge in [-0.25, -0.2) is 4.99 Å². The second-order valence-corrected chi connectivity index (χ2v) is 9.57. The molecule has 3 aromatic rings. The van der Waals surface area contributed by atoms with Crippen molar-refractivity contribution >= 4 is 56.2 Å². The van der Waals surface area contributed by atoms with Crippen LogP contribution in [-0.4, -0.2) is 30.1 Å². The average molecular weight is 506 g/mol. The fourth-order valence-corrected chi connectivity index (χ4v) is 5.35. The van der Waals surface area contributed by atoms with Crippen LogP contribution < -0.4 is 4.90 Å². The van der Waals surface area contributed by atoms with Crippen molar-refractivity contribution in [3.8, 4) is 0 Å². The maximum atomic E-state index is 13.5. The van der Waals surface area contributed by atoms with Crippen molar-refractivity contribution < 1.29 is 4.79 Å². The summed E-state index contributed by atoms with van der Waals surface area (Å²) in [7, 11) is 4.01. The number of carbonyl (C=O) groups excluding carboxylic acids is 1. The number of rotatable bonds is 5. The van der Waals surface area contributed by atoms with Crippen molar-refractivity contribution in [2.24, 2.45) is 4.99 Å². The van der Waals surface area contributed by atoms with Crippen LogP contribution in [0.4, 0.5) is 11.4 Å². The van der Waals surface area contributed by atoms with Crippen LogP contribution in [0.2, 0.25) is 0 Å². The number of benzene rings is 3. The lowest BCUT2D eigenvalue weighted by Crippen LogP contribution is -2.32. The summed E-state index contributed by atoms with van der Waals surface area (Å²) in [6.45, 7) is 2.04. The first kappa shape index (κ1) is 22.4. The second-order valence-electron chi connectivity index (χ2n) is 7.71. The lowest BCUT2D eigenvalue weighted by Gasteiger charge is -2.24. The summed E-state index contributed by atoms with van der Waals surface area (Å²) in [5, 5.41) is 0.688. The van der Waals surface area contributed by atoms with E-state index >= 15 is 0 Å². The molecular formula is C26H24BrN3OS. The van der Waals surface area contributed by atoms with Crippen molar-refractivity contribution in [3.05, 3.63) is 99.4 Å². The van der Waals surface area contributed by atoms with Crippen LogP contribution in [0.25, 0.3) is 6.08 Å². The van der Waals surface area contributed by atoms with E-state index in [-0.39, 0.29) is 11.9 Å². The largest absolute Gasteiger partial charge is 0.377 e. The second kappa shape index (κ2) is 9.76. The van der Waals surface area contributed by atoms with Crippen molar-refractivity contribution in [2.75, 3.05) is 19.0 Å². The van der Waals surface area contributed by atoms with E-state index < -0.39 is 0 Å². The number of hydrogen-bond acceptors (Lipinski definition) is 4. The Morgan fingerprint density at radius 3 is 2.28 bits per heavy atom. The highest BCUT2D eigenvalue weighted by Crippen LogP contribution is 2.39. The average Bonchev–Trinajstić information content (AvgIpc) is 3.08. The third-order valence-electron chi connectivity index (χ3n) is 5.24. The number of halogens is 1. The molecule has 0 aromatic heterocycles. The standard InChI is InChI=1S/C26H24BrN3OS/c1-18(20-10-6-4-7-11-20)30-25(31)24(32-26(30)28-21-12-8-5-9-13-21)17-19-14-15-23(29(2)3)22(27)16-19/h4-18H,1-3H3/b24-17+,28-26?/t18-/m1/s1. The van der Waals surface area contributed by atoms with Crippen LogP contribution in [0, 0.1) is 0 Å². The number of amidine groups is 1. The summed E-state index contributed by atoms with van der Waals surface area (Å²) in [6.07, 6.45) is 1.94. The summed E-state index contributed by atoms with van der Waals surface area (Å²) in [4.78, 5) is 22.8. The maximum Gasteiger partial charge on any atom is 0.267 e. The molecule has 4 rings (SSSR count). The van der Waals surface area contributed by atoms with Gasteiger partial charge in [0.1, 0.15) is 0 Å². The van der Waals surface area contributed by atoms with Crippen molar-refractivity contribution in [2.45, 2.75) is 13.0 Å². The van der Waals surface area contributed by atoms with Crippen LogP contribution in [0.3, 0.4) is 0 Å². The number of aliphatic imine (C=N–C) groups is 1. The lowest BCUT2D eigenvalue weighted by molar-refractivity contribution is -0.123. The van der Waals surface area contributed by atoms with Gasteiger partial charge in [-0.1, -0.05) is 54.6 Å². The summed E-state index contributed by atoms with van der Waals surface area (Å²) in [5.41, 5.74) is 3.95. The molecule has 0 radical (unpaired) electrons. The number of carbonyl (C=O) groups is 1. The molecule has 32 heavy (non-hydrogen) atoms. The summed E-state index contributed by atoms with van der Waals surface area (Å²) >= 11 is 5.05. The number of thioether (sulfide) groups is 1. The molecule has 0 N–H and O–H groups in total. The van der Waals surface area contributed by atoms with Crippen LogP contribution in [0.15, 0.2) is 93.2 Å². The zero-order valence-corrected chi connectivity index (χ0v) is 20.6. The van der Waals surface area contributed by atoms with Gasteiger partial charge in [0.25, 0.3) is 5.91 Å². The predicted octanol–water partition coefficient (Wildman–Crippen LogP) is 6.88. The molecule has 1 atom stereocenters. The van der Waals surface area contributed by atoms with E-state index in [1.54, 1.807) is 4.90 Å². The maximum absolute atomic E-state index is 13.5. The molecule has 0 spiro atoms. The fourth-order valence-electron chi connectivity index (χ4n) is 3.53. The molecule has 162 valence electrons. The Labute approximate surface area is 201 Å². The summed E-state index contributed by atoms with van der Waals surface area (Å²) in [6, 6.07) is 25.8. The van der Waals surface area contributed by atoms with Gasteiger partial charge in [0.05, 0.1) is 22.3 Å². The highest BCUT2D eigenvalue weighted by molar-refractivity contribution is 9.10. The third-order valence-corrected chi connectivity index (χ3v) is 6.86. The molecule has 1 aliphatic heterocycles. The van der Waals surface area contributed by atoms with Crippen molar-refractivity contribution in [1.82, 2.24) is 4.90 Å². The van der Waals surface area contributed by atoms with Crippen molar-refractivity contribution in [3.63, 3.8) is 0 Å². The molecule has 1 fully saturated rings. The molecule has 0 aliphatic carbocycles. The van der Waals surface area contributed by atoms with Gasteiger partial charge in [-0.2, -0.15) is 0 Å². The van der Waals surface area contributed by atoms with E-state index in [2.05, 4.69) is 15.9 Å². The van der Waals surface area contributed by atoms with Gasteiger partial charge in [0, 0.05) is 18.6 Å². The Bertz CT molecular complexity index is 1180. The Balaban J connectivity index is 1.73. The smallest absolute Gasteiger partial charge is 0.267 e.